The van der Waals surface area contributed by atoms with E-state index < -0.39 is 0 Å². The van der Waals surface area contributed by atoms with E-state index in [0.717, 1.165) is 74.7 Å². The zero-order valence-electron chi connectivity index (χ0n) is 16.9. The van der Waals surface area contributed by atoms with Gasteiger partial charge in [0.1, 0.15) is 11.3 Å². The number of nitrogens with zero attached hydrogens (tertiary/aromatic N) is 4. The van der Waals surface area contributed by atoms with E-state index in [1.807, 2.05) is 29.2 Å². The summed E-state index contributed by atoms with van der Waals surface area (Å²) in [6, 6.07) is 9.62. The minimum Gasteiger partial charge on any atom is -0.440 e. The number of carbonyl (C=O) groups excluding carboxylic acids is 1. The van der Waals surface area contributed by atoms with Gasteiger partial charge < -0.3 is 14.2 Å². The minimum absolute atomic E-state index is 0.0265. The van der Waals surface area contributed by atoms with Crippen molar-refractivity contribution in [3.63, 3.8) is 0 Å². The van der Waals surface area contributed by atoms with Gasteiger partial charge in [-0.3, -0.25) is 4.79 Å². The van der Waals surface area contributed by atoms with Crippen LogP contribution < -0.4 is 4.90 Å². The fourth-order valence-electron chi connectivity index (χ4n) is 4.50. The van der Waals surface area contributed by atoms with Crippen LogP contribution in [0, 0.1) is 0 Å². The summed E-state index contributed by atoms with van der Waals surface area (Å²) in [6.07, 6.45) is 7.02. The molecule has 0 N–H and O–H groups in total. The Hall–Kier alpha value is -2.60. The van der Waals surface area contributed by atoms with Gasteiger partial charge in [0.05, 0.1) is 16.5 Å². The van der Waals surface area contributed by atoms with Crippen molar-refractivity contribution < 1.29 is 9.21 Å². The van der Waals surface area contributed by atoms with E-state index in [2.05, 4.69) is 14.9 Å². The molecule has 30 heavy (non-hydrogen) atoms. The van der Waals surface area contributed by atoms with Crippen molar-refractivity contribution in [3.05, 3.63) is 53.0 Å². The Kier molecular flexibility index (Phi) is 5.34. The Bertz CT molecular complexity index is 1030. The van der Waals surface area contributed by atoms with E-state index in [4.69, 9.17) is 16.0 Å². The second kappa shape index (κ2) is 8.26. The molecule has 5 rings (SSSR count). The number of fused-ring (bicyclic) bond motifs is 1. The fraction of sp³-hybridized carbons (Fsp3) is 0.435. The highest BCUT2D eigenvalue weighted by Gasteiger charge is 2.28. The van der Waals surface area contributed by atoms with Crippen molar-refractivity contribution in [3.8, 4) is 0 Å². The molecule has 7 heteroatoms. The number of hydrogen-bond donors (Lipinski definition) is 0. The number of hydrogen-bond acceptors (Lipinski definition) is 5. The number of halogens is 1. The van der Waals surface area contributed by atoms with Gasteiger partial charge in [-0.25, -0.2) is 9.97 Å². The van der Waals surface area contributed by atoms with Gasteiger partial charge in [-0.1, -0.05) is 23.7 Å². The number of para-hydroxylation sites is 2. The summed E-state index contributed by atoms with van der Waals surface area (Å²) in [5.74, 6) is 1.72. The number of benzene rings is 1. The third-order valence-corrected chi connectivity index (χ3v) is 6.37. The molecule has 2 fully saturated rings. The summed E-state index contributed by atoms with van der Waals surface area (Å²) in [7, 11) is 0. The molecular weight excluding hydrogens is 400 g/mol. The van der Waals surface area contributed by atoms with Gasteiger partial charge >= 0.3 is 0 Å². The molecule has 2 aromatic heterocycles. The second-order valence-corrected chi connectivity index (χ2v) is 8.59. The standard InChI is InChI=1S/C23H25ClN4O2/c24-18-13-17(23(29)27-10-4-1-5-11-27)14-25-21(18)28-12-6-7-16(15-28)22-26-19-8-2-3-9-20(19)30-22/h2-3,8-9,13-14,16H,1,4-7,10-12,15H2. The third-order valence-electron chi connectivity index (χ3n) is 6.09. The number of aromatic nitrogens is 2. The highest BCUT2D eigenvalue weighted by atomic mass is 35.5. The lowest BCUT2D eigenvalue weighted by Gasteiger charge is -2.33. The number of rotatable bonds is 3. The first kappa shape index (κ1) is 19.4. The molecule has 0 aliphatic carbocycles. The maximum Gasteiger partial charge on any atom is 0.255 e. The van der Waals surface area contributed by atoms with E-state index in [9.17, 15) is 4.79 Å². The van der Waals surface area contributed by atoms with Crippen LogP contribution in [-0.4, -0.2) is 47.0 Å². The molecule has 2 aliphatic heterocycles. The summed E-state index contributed by atoms with van der Waals surface area (Å²) in [5.41, 5.74) is 2.28. The molecule has 0 bridgehead atoms. The molecule has 4 heterocycles. The van der Waals surface area contributed by atoms with Gasteiger partial charge in [0.15, 0.2) is 11.5 Å². The highest BCUT2D eigenvalue weighted by Crippen LogP contribution is 2.33. The predicted octanol–water partition coefficient (Wildman–Crippen LogP) is 4.89. The van der Waals surface area contributed by atoms with Crippen molar-refractivity contribution in [1.29, 1.82) is 0 Å². The number of pyridine rings is 1. The number of anilines is 1. The normalized spacial score (nSPS) is 20.0. The predicted molar refractivity (Wildman–Crippen MR) is 117 cm³/mol. The van der Waals surface area contributed by atoms with Crippen molar-refractivity contribution in [2.24, 2.45) is 0 Å². The molecule has 1 aromatic carbocycles. The first-order valence-corrected chi connectivity index (χ1v) is 11.1. The zero-order chi connectivity index (χ0) is 20.5. The van der Waals surface area contributed by atoms with Crippen LogP contribution >= 0.6 is 11.6 Å². The second-order valence-electron chi connectivity index (χ2n) is 8.19. The van der Waals surface area contributed by atoms with Crippen LogP contribution in [0.3, 0.4) is 0 Å². The largest absolute Gasteiger partial charge is 0.440 e. The molecule has 0 spiro atoms. The van der Waals surface area contributed by atoms with Crippen molar-refractivity contribution in [2.45, 2.75) is 38.0 Å². The summed E-state index contributed by atoms with van der Waals surface area (Å²) < 4.78 is 6.00. The van der Waals surface area contributed by atoms with Gasteiger partial charge in [0.25, 0.3) is 5.91 Å². The average molecular weight is 425 g/mol. The minimum atomic E-state index is 0.0265. The monoisotopic (exact) mass is 424 g/mol. The molecule has 0 radical (unpaired) electrons. The van der Waals surface area contributed by atoms with Crippen molar-refractivity contribution in [2.75, 3.05) is 31.1 Å². The van der Waals surface area contributed by atoms with Crippen molar-refractivity contribution >= 4 is 34.4 Å². The molecule has 0 saturated carbocycles. The number of piperidine rings is 2. The molecule has 1 unspecified atom stereocenters. The number of oxazole rings is 1. The van der Waals surface area contributed by atoms with Gasteiger partial charge in [-0.15, -0.1) is 0 Å². The summed E-state index contributed by atoms with van der Waals surface area (Å²) >= 11 is 6.59. The summed E-state index contributed by atoms with van der Waals surface area (Å²) in [5, 5.41) is 0.524. The highest BCUT2D eigenvalue weighted by molar-refractivity contribution is 6.33. The van der Waals surface area contributed by atoms with Gasteiger partial charge in [0, 0.05) is 32.4 Å². The maximum atomic E-state index is 12.8. The number of carbonyl (C=O) groups is 1. The summed E-state index contributed by atoms with van der Waals surface area (Å²) in [6.45, 7) is 3.26. The van der Waals surface area contributed by atoms with Crippen LogP contribution in [0.2, 0.25) is 5.02 Å². The molecule has 1 atom stereocenters. The van der Waals surface area contributed by atoms with E-state index in [0.29, 0.717) is 10.6 Å². The Labute approximate surface area is 180 Å². The molecule has 2 aliphatic rings. The lowest BCUT2D eigenvalue weighted by atomic mass is 9.98. The summed E-state index contributed by atoms with van der Waals surface area (Å²) in [4.78, 5) is 26.1. The Morgan fingerprint density at radius 3 is 2.73 bits per heavy atom. The SMILES string of the molecule is O=C(c1cnc(N2CCCC(c3nc4ccccc4o3)C2)c(Cl)c1)N1CCCCC1. The van der Waals surface area contributed by atoms with Gasteiger partial charge in [-0.2, -0.15) is 0 Å². The van der Waals surface area contributed by atoms with E-state index >= 15 is 0 Å². The zero-order valence-corrected chi connectivity index (χ0v) is 17.6. The van der Waals surface area contributed by atoms with Crippen LogP contribution in [0.5, 0.6) is 0 Å². The fourth-order valence-corrected chi connectivity index (χ4v) is 4.78. The number of likely N-dealkylation sites (tertiary alicyclic amines) is 1. The Morgan fingerprint density at radius 2 is 1.93 bits per heavy atom. The lowest BCUT2D eigenvalue weighted by Crippen LogP contribution is -2.36. The molecule has 2 saturated heterocycles. The van der Waals surface area contributed by atoms with E-state index in [1.54, 1.807) is 12.3 Å². The molecule has 6 nitrogen and oxygen atoms in total. The van der Waals surface area contributed by atoms with Crippen LogP contribution in [0.15, 0.2) is 40.9 Å². The van der Waals surface area contributed by atoms with Crippen LogP contribution in [0.4, 0.5) is 5.82 Å². The number of amides is 1. The molecule has 3 aromatic rings. The van der Waals surface area contributed by atoms with Gasteiger partial charge in [-0.05, 0) is 50.3 Å². The third kappa shape index (κ3) is 3.76. The molecular formula is C23H25ClN4O2. The Balaban J connectivity index is 1.33. The van der Waals surface area contributed by atoms with Crippen LogP contribution in [-0.2, 0) is 0 Å². The maximum absolute atomic E-state index is 12.8. The Morgan fingerprint density at radius 1 is 1.10 bits per heavy atom. The van der Waals surface area contributed by atoms with E-state index in [1.165, 1.54) is 6.42 Å². The van der Waals surface area contributed by atoms with E-state index in [-0.39, 0.29) is 11.8 Å². The average Bonchev–Trinajstić information content (AvgIpc) is 3.24. The first-order chi connectivity index (χ1) is 14.7. The lowest BCUT2D eigenvalue weighted by molar-refractivity contribution is 0.0724. The van der Waals surface area contributed by atoms with Crippen LogP contribution in [0.25, 0.3) is 11.1 Å². The first-order valence-electron chi connectivity index (χ1n) is 10.7. The molecule has 156 valence electrons. The quantitative estimate of drug-likeness (QED) is 0.599. The van der Waals surface area contributed by atoms with Crippen molar-refractivity contribution in [1.82, 2.24) is 14.9 Å². The van der Waals surface area contributed by atoms with Gasteiger partial charge in [0.2, 0.25) is 0 Å². The topological polar surface area (TPSA) is 62.5 Å². The smallest absolute Gasteiger partial charge is 0.255 e. The van der Waals surface area contributed by atoms with Crippen LogP contribution in [0.1, 0.15) is 54.3 Å². The molecule has 1 amide bonds.